The molecule has 1 N–H and O–H groups in total. The highest BCUT2D eigenvalue weighted by Crippen LogP contribution is 2.35. The molecule has 2 fully saturated rings. The summed E-state index contributed by atoms with van der Waals surface area (Å²) in [5.74, 6) is 0.967. The van der Waals surface area contributed by atoms with Gasteiger partial charge in [0.15, 0.2) is 0 Å². The van der Waals surface area contributed by atoms with Crippen LogP contribution in [0.4, 0.5) is 0 Å². The Bertz CT molecular complexity index is 405. The first-order valence-corrected chi connectivity index (χ1v) is 8.23. The molecule has 2 nitrogen and oxygen atoms in total. The minimum atomic E-state index is 0.366. The SMILES string of the molecule is CN(CC1CCC1)CC1(c2ccccc2)CCNCC1. The molecule has 0 unspecified atom stereocenters. The van der Waals surface area contributed by atoms with Crippen molar-refractivity contribution in [1.82, 2.24) is 10.2 Å². The molecule has 2 aliphatic rings. The lowest BCUT2D eigenvalue weighted by Crippen LogP contribution is -2.48. The molecule has 1 aromatic carbocycles. The standard InChI is InChI=1S/C18H28N2/c1-20(14-16-6-5-7-16)15-18(10-12-19-13-11-18)17-8-3-2-4-9-17/h2-4,8-9,16,19H,5-7,10-15H2,1H3. The van der Waals surface area contributed by atoms with Gasteiger partial charge in [0.25, 0.3) is 0 Å². The van der Waals surface area contributed by atoms with E-state index in [1.807, 2.05) is 0 Å². The number of hydrogen-bond acceptors (Lipinski definition) is 2. The molecule has 0 atom stereocenters. The van der Waals surface area contributed by atoms with Crippen molar-refractivity contribution in [3.8, 4) is 0 Å². The van der Waals surface area contributed by atoms with E-state index in [9.17, 15) is 0 Å². The molecule has 1 saturated carbocycles. The molecule has 2 heteroatoms. The number of piperidine rings is 1. The van der Waals surface area contributed by atoms with Gasteiger partial charge in [-0.15, -0.1) is 0 Å². The lowest BCUT2D eigenvalue weighted by molar-refractivity contribution is 0.153. The molecule has 1 aliphatic carbocycles. The predicted octanol–water partition coefficient (Wildman–Crippen LogP) is 3.04. The van der Waals surface area contributed by atoms with Crippen LogP contribution in [-0.4, -0.2) is 38.1 Å². The molecule has 0 spiro atoms. The first-order valence-electron chi connectivity index (χ1n) is 8.23. The highest BCUT2D eigenvalue weighted by atomic mass is 15.1. The zero-order valence-electron chi connectivity index (χ0n) is 12.8. The summed E-state index contributed by atoms with van der Waals surface area (Å²) in [5.41, 5.74) is 1.91. The van der Waals surface area contributed by atoms with Crippen LogP contribution in [-0.2, 0) is 5.41 Å². The van der Waals surface area contributed by atoms with Crippen molar-refractivity contribution in [2.24, 2.45) is 5.92 Å². The molecular formula is C18H28N2. The first kappa shape index (κ1) is 14.1. The largest absolute Gasteiger partial charge is 0.317 e. The normalized spacial score (nSPS) is 22.7. The molecule has 0 bridgehead atoms. The van der Waals surface area contributed by atoms with Crippen LogP contribution in [0.2, 0.25) is 0 Å². The molecule has 110 valence electrons. The molecule has 0 amide bonds. The number of hydrogen-bond donors (Lipinski definition) is 1. The summed E-state index contributed by atoms with van der Waals surface area (Å²) in [5, 5.41) is 3.53. The third kappa shape index (κ3) is 3.07. The lowest BCUT2D eigenvalue weighted by Gasteiger charge is -2.42. The highest BCUT2D eigenvalue weighted by molar-refractivity contribution is 5.27. The van der Waals surface area contributed by atoms with E-state index in [4.69, 9.17) is 0 Å². The summed E-state index contributed by atoms with van der Waals surface area (Å²) in [6.07, 6.45) is 6.89. The third-order valence-corrected chi connectivity index (χ3v) is 5.31. The van der Waals surface area contributed by atoms with Crippen LogP contribution in [0.1, 0.15) is 37.7 Å². The molecule has 1 saturated heterocycles. The van der Waals surface area contributed by atoms with Gasteiger partial charge in [0.1, 0.15) is 0 Å². The van der Waals surface area contributed by atoms with Gasteiger partial charge in [0.05, 0.1) is 0 Å². The smallest absolute Gasteiger partial charge is 0.0104 e. The maximum Gasteiger partial charge on any atom is 0.0104 e. The topological polar surface area (TPSA) is 15.3 Å². The van der Waals surface area contributed by atoms with Crippen molar-refractivity contribution in [2.75, 3.05) is 33.2 Å². The van der Waals surface area contributed by atoms with Crippen molar-refractivity contribution in [2.45, 2.75) is 37.5 Å². The average Bonchev–Trinajstić information content (AvgIpc) is 2.45. The van der Waals surface area contributed by atoms with E-state index >= 15 is 0 Å². The number of rotatable bonds is 5. The second kappa shape index (κ2) is 6.28. The number of likely N-dealkylation sites (N-methyl/N-ethyl adjacent to an activating group) is 1. The quantitative estimate of drug-likeness (QED) is 0.886. The first-order chi connectivity index (χ1) is 9.78. The molecule has 0 radical (unpaired) electrons. The van der Waals surface area contributed by atoms with Gasteiger partial charge in [-0.05, 0) is 57.3 Å². The molecule has 1 aromatic rings. The van der Waals surface area contributed by atoms with Crippen molar-refractivity contribution >= 4 is 0 Å². The summed E-state index contributed by atoms with van der Waals surface area (Å²) in [7, 11) is 2.32. The van der Waals surface area contributed by atoms with E-state index in [-0.39, 0.29) is 0 Å². The van der Waals surface area contributed by atoms with Crippen LogP contribution in [0.3, 0.4) is 0 Å². The Morgan fingerprint density at radius 2 is 1.85 bits per heavy atom. The fraction of sp³-hybridized carbons (Fsp3) is 0.667. The second-order valence-corrected chi connectivity index (χ2v) is 6.89. The van der Waals surface area contributed by atoms with Gasteiger partial charge in [-0.3, -0.25) is 0 Å². The van der Waals surface area contributed by atoms with E-state index in [2.05, 4.69) is 47.6 Å². The highest BCUT2D eigenvalue weighted by Gasteiger charge is 2.35. The Hall–Kier alpha value is -0.860. The maximum atomic E-state index is 3.53. The molecule has 0 aromatic heterocycles. The maximum absolute atomic E-state index is 3.53. The predicted molar refractivity (Wildman–Crippen MR) is 85.1 cm³/mol. The average molecular weight is 272 g/mol. The van der Waals surface area contributed by atoms with Crippen LogP contribution in [0, 0.1) is 5.92 Å². The third-order valence-electron chi connectivity index (χ3n) is 5.31. The number of benzene rings is 1. The monoisotopic (exact) mass is 272 g/mol. The Morgan fingerprint density at radius 3 is 2.45 bits per heavy atom. The Kier molecular flexibility index (Phi) is 4.42. The molecule has 20 heavy (non-hydrogen) atoms. The molecule has 3 rings (SSSR count). The number of nitrogens with one attached hydrogen (secondary N) is 1. The van der Waals surface area contributed by atoms with Gasteiger partial charge in [-0.25, -0.2) is 0 Å². The number of nitrogens with zero attached hydrogens (tertiary/aromatic N) is 1. The van der Waals surface area contributed by atoms with Gasteiger partial charge in [0.2, 0.25) is 0 Å². The van der Waals surface area contributed by atoms with E-state index in [0.717, 1.165) is 19.0 Å². The summed E-state index contributed by atoms with van der Waals surface area (Å²) < 4.78 is 0. The van der Waals surface area contributed by atoms with Gasteiger partial charge in [-0.2, -0.15) is 0 Å². The van der Waals surface area contributed by atoms with Crippen LogP contribution >= 0.6 is 0 Å². The summed E-state index contributed by atoms with van der Waals surface area (Å²) in [4.78, 5) is 2.60. The summed E-state index contributed by atoms with van der Waals surface area (Å²) >= 11 is 0. The van der Waals surface area contributed by atoms with Crippen LogP contribution in [0.5, 0.6) is 0 Å². The van der Waals surface area contributed by atoms with Gasteiger partial charge >= 0.3 is 0 Å². The second-order valence-electron chi connectivity index (χ2n) is 6.89. The van der Waals surface area contributed by atoms with E-state index < -0.39 is 0 Å². The fourth-order valence-electron chi connectivity index (χ4n) is 3.93. The van der Waals surface area contributed by atoms with Crippen LogP contribution in [0.15, 0.2) is 30.3 Å². The summed E-state index contributed by atoms with van der Waals surface area (Å²) in [6.45, 7) is 4.83. The minimum absolute atomic E-state index is 0.366. The fourth-order valence-corrected chi connectivity index (χ4v) is 3.93. The Labute approximate surface area is 123 Å². The van der Waals surface area contributed by atoms with E-state index in [1.165, 1.54) is 45.2 Å². The van der Waals surface area contributed by atoms with E-state index in [0.29, 0.717) is 5.41 Å². The molecule has 1 aliphatic heterocycles. The zero-order valence-corrected chi connectivity index (χ0v) is 12.8. The van der Waals surface area contributed by atoms with Crippen molar-refractivity contribution in [3.05, 3.63) is 35.9 Å². The van der Waals surface area contributed by atoms with Crippen LogP contribution in [0.25, 0.3) is 0 Å². The minimum Gasteiger partial charge on any atom is -0.317 e. The zero-order chi connectivity index (χ0) is 13.8. The summed E-state index contributed by atoms with van der Waals surface area (Å²) in [6, 6.07) is 11.2. The Morgan fingerprint density at radius 1 is 1.15 bits per heavy atom. The van der Waals surface area contributed by atoms with E-state index in [1.54, 1.807) is 5.56 Å². The van der Waals surface area contributed by atoms with Crippen molar-refractivity contribution < 1.29 is 0 Å². The molecular weight excluding hydrogens is 244 g/mol. The molecule has 1 heterocycles. The Balaban J connectivity index is 1.71. The van der Waals surface area contributed by atoms with Crippen LogP contribution < -0.4 is 5.32 Å². The van der Waals surface area contributed by atoms with Crippen molar-refractivity contribution in [1.29, 1.82) is 0 Å². The lowest BCUT2D eigenvalue weighted by atomic mass is 9.72. The van der Waals surface area contributed by atoms with Gasteiger partial charge in [-0.1, -0.05) is 36.8 Å². The van der Waals surface area contributed by atoms with Gasteiger partial charge in [0, 0.05) is 18.5 Å². The van der Waals surface area contributed by atoms with Crippen molar-refractivity contribution in [3.63, 3.8) is 0 Å². The van der Waals surface area contributed by atoms with Gasteiger partial charge < -0.3 is 10.2 Å².